The van der Waals surface area contributed by atoms with E-state index in [2.05, 4.69) is 5.32 Å². The topological polar surface area (TPSA) is 58.3 Å². The molecule has 0 aliphatic rings. The van der Waals surface area contributed by atoms with Crippen molar-refractivity contribution in [1.29, 1.82) is 0 Å². The van der Waals surface area contributed by atoms with Crippen LogP contribution in [0.25, 0.3) is 0 Å². The fourth-order valence-electron chi connectivity index (χ4n) is 1.32. The van der Waals surface area contributed by atoms with Gasteiger partial charge in [0.15, 0.2) is 0 Å². The first-order chi connectivity index (χ1) is 8.47. The minimum atomic E-state index is -0.260. The number of aliphatic hydroxyl groups is 1. The Bertz CT molecular complexity index is 328. The minimum absolute atomic E-state index is 0.245. The van der Waals surface area contributed by atoms with Crippen LogP contribution in [0, 0.1) is 12.7 Å². The van der Waals surface area contributed by atoms with E-state index in [0.29, 0.717) is 5.56 Å². The standard InChI is InChI=1S/C10H15FN2.C2H6O.C2H6/c1-6-4-8(7(2)12)9(11)5-10(6)13-3;1-2-3;1-2/h4-5,7,13H,12H2,1-3H3;3H,2H2,1H3;1-2H3. The highest BCUT2D eigenvalue weighted by Gasteiger charge is 2.09. The molecule has 4 heteroatoms. The lowest BCUT2D eigenvalue weighted by atomic mass is 10.0. The molecule has 3 nitrogen and oxygen atoms in total. The summed E-state index contributed by atoms with van der Waals surface area (Å²) in [5.74, 6) is -0.245. The molecule has 1 aromatic rings. The Balaban J connectivity index is 0. The summed E-state index contributed by atoms with van der Waals surface area (Å²) >= 11 is 0. The SMILES string of the molecule is CC.CCO.CNc1cc(F)c(C(C)N)cc1C. The highest BCUT2D eigenvalue weighted by atomic mass is 19.1. The predicted octanol–water partition coefficient (Wildman–Crippen LogP) is 3.22. The van der Waals surface area contributed by atoms with Crippen molar-refractivity contribution in [3.8, 4) is 0 Å². The van der Waals surface area contributed by atoms with Gasteiger partial charge in [-0.15, -0.1) is 0 Å². The number of nitrogens with one attached hydrogen (secondary N) is 1. The van der Waals surface area contributed by atoms with Crippen LogP contribution >= 0.6 is 0 Å². The van der Waals surface area contributed by atoms with E-state index in [1.54, 1.807) is 27.0 Å². The van der Waals surface area contributed by atoms with Gasteiger partial charge in [-0.3, -0.25) is 0 Å². The first-order valence-electron chi connectivity index (χ1n) is 6.32. The molecule has 0 saturated carbocycles. The molecule has 4 N–H and O–H groups in total. The molecule has 18 heavy (non-hydrogen) atoms. The Hall–Kier alpha value is -1.13. The van der Waals surface area contributed by atoms with Gasteiger partial charge in [0.25, 0.3) is 0 Å². The lowest BCUT2D eigenvalue weighted by molar-refractivity contribution is 0.318. The second-order valence-electron chi connectivity index (χ2n) is 3.54. The number of hydrogen-bond acceptors (Lipinski definition) is 3. The summed E-state index contributed by atoms with van der Waals surface area (Å²) in [4.78, 5) is 0. The third-order valence-corrected chi connectivity index (χ3v) is 2.10. The lowest BCUT2D eigenvalue weighted by Crippen LogP contribution is -2.08. The molecule has 1 rings (SSSR count). The number of benzene rings is 1. The Morgan fingerprint density at radius 1 is 1.39 bits per heavy atom. The highest BCUT2D eigenvalue weighted by Crippen LogP contribution is 2.22. The first kappa shape index (κ1) is 19.2. The minimum Gasteiger partial charge on any atom is -0.397 e. The van der Waals surface area contributed by atoms with Crippen LogP contribution in [0.2, 0.25) is 0 Å². The van der Waals surface area contributed by atoms with Crippen LogP contribution in [-0.4, -0.2) is 18.8 Å². The molecular weight excluding hydrogens is 231 g/mol. The van der Waals surface area contributed by atoms with Crippen molar-refractivity contribution in [2.45, 2.75) is 40.7 Å². The van der Waals surface area contributed by atoms with E-state index in [1.165, 1.54) is 6.07 Å². The van der Waals surface area contributed by atoms with Crippen molar-refractivity contribution < 1.29 is 9.50 Å². The zero-order valence-corrected chi connectivity index (χ0v) is 12.3. The number of aliphatic hydroxyl groups excluding tert-OH is 1. The summed E-state index contributed by atoms with van der Waals surface area (Å²) in [5, 5.41) is 10.5. The van der Waals surface area contributed by atoms with Crippen molar-refractivity contribution in [3.05, 3.63) is 29.1 Å². The molecule has 0 radical (unpaired) electrons. The maximum Gasteiger partial charge on any atom is 0.130 e. The Morgan fingerprint density at radius 2 is 1.83 bits per heavy atom. The number of anilines is 1. The van der Waals surface area contributed by atoms with Crippen LogP contribution in [0.4, 0.5) is 10.1 Å². The van der Waals surface area contributed by atoms with Gasteiger partial charge in [0.2, 0.25) is 0 Å². The van der Waals surface area contributed by atoms with Crippen molar-refractivity contribution >= 4 is 5.69 Å². The number of nitrogens with two attached hydrogens (primary N) is 1. The average Bonchev–Trinajstić information content (AvgIpc) is 2.34. The van der Waals surface area contributed by atoms with Crippen molar-refractivity contribution in [2.75, 3.05) is 19.0 Å². The van der Waals surface area contributed by atoms with Gasteiger partial charge in [-0.2, -0.15) is 0 Å². The second kappa shape index (κ2) is 11.0. The molecule has 0 spiro atoms. The van der Waals surface area contributed by atoms with E-state index >= 15 is 0 Å². The summed E-state index contributed by atoms with van der Waals surface area (Å²) < 4.78 is 13.3. The molecule has 0 heterocycles. The molecule has 1 unspecified atom stereocenters. The van der Waals surface area contributed by atoms with Crippen molar-refractivity contribution in [2.24, 2.45) is 5.73 Å². The Kier molecular flexibility index (Phi) is 11.7. The van der Waals surface area contributed by atoms with Crippen molar-refractivity contribution in [1.82, 2.24) is 0 Å². The van der Waals surface area contributed by atoms with Gasteiger partial charge >= 0.3 is 0 Å². The first-order valence-corrected chi connectivity index (χ1v) is 6.32. The fourth-order valence-corrected chi connectivity index (χ4v) is 1.32. The summed E-state index contributed by atoms with van der Waals surface area (Å²) in [7, 11) is 1.77. The van der Waals surface area contributed by atoms with Gasteiger partial charge in [-0.25, -0.2) is 4.39 Å². The Labute approximate surface area is 110 Å². The van der Waals surface area contributed by atoms with E-state index in [0.717, 1.165) is 11.3 Å². The molecular formula is C14H27FN2O. The molecule has 0 amide bonds. The summed E-state index contributed by atoms with van der Waals surface area (Å²) in [5.41, 5.74) is 8.00. The normalized spacial score (nSPS) is 10.5. The summed E-state index contributed by atoms with van der Waals surface area (Å²) in [6.45, 7) is 9.63. The van der Waals surface area contributed by atoms with Crippen LogP contribution in [0.3, 0.4) is 0 Å². The zero-order valence-electron chi connectivity index (χ0n) is 12.3. The molecule has 1 atom stereocenters. The third kappa shape index (κ3) is 6.57. The summed E-state index contributed by atoms with van der Waals surface area (Å²) in [6.07, 6.45) is 0. The van der Waals surface area contributed by atoms with E-state index in [-0.39, 0.29) is 18.5 Å². The van der Waals surface area contributed by atoms with Crippen LogP contribution in [0.15, 0.2) is 12.1 Å². The predicted molar refractivity (Wildman–Crippen MR) is 77.4 cm³/mol. The molecule has 106 valence electrons. The van der Waals surface area contributed by atoms with E-state index in [1.807, 2.05) is 20.8 Å². The van der Waals surface area contributed by atoms with Crippen LogP contribution < -0.4 is 11.1 Å². The summed E-state index contributed by atoms with van der Waals surface area (Å²) in [6, 6.07) is 3.00. The van der Waals surface area contributed by atoms with Crippen LogP contribution in [0.1, 0.15) is 44.9 Å². The Morgan fingerprint density at radius 3 is 2.17 bits per heavy atom. The number of hydrogen-bond donors (Lipinski definition) is 3. The van der Waals surface area contributed by atoms with Gasteiger partial charge in [-0.1, -0.05) is 13.8 Å². The largest absolute Gasteiger partial charge is 0.397 e. The maximum absolute atomic E-state index is 13.3. The van der Waals surface area contributed by atoms with Crippen LogP contribution in [-0.2, 0) is 0 Å². The monoisotopic (exact) mass is 258 g/mol. The molecule has 0 aliphatic heterocycles. The quantitative estimate of drug-likeness (QED) is 0.763. The molecule has 0 bridgehead atoms. The molecule has 1 aromatic carbocycles. The molecule has 0 aliphatic carbocycles. The highest BCUT2D eigenvalue weighted by molar-refractivity contribution is 5.52. The van der Waals surface area contributed by atoms with Gasteiger partial charge < -0.3 is 16.2 Å². The zero-order chi connectivity index (χ0) is 14.7. The molecule has 0 saturated heterocycles. The smallest absolute Gasteiger partial charge is 0.130 e. The third-order valence-electron chi connectivity index (χ3n) is 2.10. The lowest BCUT2D eigenvalue weighted by Gasteiger charge is -2.11. The van der Waals surface area contributed by atoms with Crippen molar-refractivity contribution in [3.63, 3.8) is 0 Å². The maximum atomic E-state index is 13.3. The average molecular weight is 258 g/mol. The second-order valence-corrected chi connectivity index (χ2v) is 3.54. The number of rotatable bonds is 2. The number of halogens is 1. The molecule has 0 fully saturated rings. The molecule has 0 aromatic heterocycles. The fraction of sp³-hybridized carbons (Fsp3) is 0.571. The van der Waals surface area contributed by atoms with Gasteiger partial charge in [0.05, 0.1) is 0 Å². The van der Waals surface area contributed by atoms with Gasteiger partial charge in [0, 0.05) is 30.9 Å². The van der Waals surface area contributed by atoms with Gasteiger partial charge in [0.1, 0.15) is 5.82 Å². The van der Waals surface area contributed by atoms with E-state index < -0.39 is 0 Å². The van der Waals surface area contributed by atoms with Gasteiger partial charge in [-0.05, 0) is 38.5 Å². The van der Waals surface area contributed by atoms with E-state index in [9.17, 15) is 4.39 Å². The number of aryl methyl sites for hydroxylation is 1. The van der Waals surface area contributed by atoms with E-state index in [4.69, 9.17) is 10.8 Å². The van der Waals surface area contributed by atoms with Crippen LogP contribution in [0.5, 0.6) is 0 Å².